The summed E-state index contributed by atoms with van der Waals surface area (Å²) in [5.74, 6) is 2.97. The van der Waals surface area contributed by atoms with Gasteiger partial charge in [-0.15, -0.1) is 0 Å². The summed E-state index contributed by atoms with van der Waals surface area (Å²) in [6.45, 7) is 7.79. The van der Waals surface area contributed by atoms with Crippen molar-refractivity contribution in [3.8, 4) is 0 Å². The molecular weight excluding hydrogens is 328 g/mol. The smallest absolute Gasteiger partial charge is 0.194 e. The molecule has 1 aliphatic heterocycles. The average Bonchev–Trinajstić information content (AvgIpc) is 3.33. The number of rotatable bonds is 6. The molecule has 0 unspecified atom stereocenters. The first kappa shape index (κ1) is 19.2. The van der Waals surface area contributed by atoms with Crippen LogP contribution in [0.5, 0.6) is 0 Å². The predicted molar refractivity (Wildman–Crippen MR) is 103 cm³/mol. The van der Waals surface area contributed by atoms with Crippen LogP contribution in [0.25, 0.3) is 0 Å². The molecule has 146 valence electrons. The standard InChI is InChI=1S/C20H34N4O2/c1-15(2)19-12-18(26-23-19)13-22-20(21-3)24-10-8-17(9-11-24)25-14-16-6-4-5-7-16/h12,15-17H,4-11,13-14H2,1-3H3,(H,21,22). The highest BCUT2D eigenvalue weighted by Crippen LogP contribution is 2.26. The Labute approximate surface area is 157 Å². The number of nitrogens with zero attached hydrogens (tertiary/aromatic N) is 3. The van der Waals surface area contributed by atoms with E-state index in [9.17, 15) is 0 Å². The number of piperidine rings is 1. The van der Waals surface area contributed by atoms with Crippen molar-refractivity contribution in [2.45, 2.75) is 70.9 Å². The van der Waals surface area contributed by atoms with Crippen LogP contribution in [0.4, 0.5) is 0 Å². The SMILES string of the molecule is CN=C(NCc1cc(C(C)C)no1)N1CCC(OCC2CCCC2)CC1. The van der Waals surface area contributed by atoms with Crippen molar-refractivity contribution in [1.82, 2.24) is 15.4 Å². The summed E-state index contributed by atoms with van der Waals surface area (Å²) in [7, 11) is 1.84. The molecule has 0 bridgehead atoms. The molecule has 26 heavy (non-hydrogen) atoms. The maximum atomic E-state index is 6.17. The lowest BCUT2D eigenvalue weighted by atomic mass is 10.1. The van der Waals surface area contributed by atoms with Gasteiger partial charge in [-0.2, -0.15) is 0 Å². The molecular formula is C20H34N4O2. The second-order valence-corrected chi connectivity index (χ2v) is 7.94. The topological polar surface area (TPSA) is 62.9 Å². The van der Waals surface area contributed by atoms with Crippen molar-refractivity contribution in [1.29, 1.82) is 0 Å². The van der Waals surface area contributed by atoms with Crippen molar-refractivity contribution in [2.24, 2.45) is 10.9 Å². The molecule has 0 amide bonds. The monoisotopic (exact) mass is 362 g/mol. The van der Waals surface area contributed by atoms with Crippen LogP contribution in [0.3, 0.4) is 0 Å². The third-order valence-electron chi connectivity index (χ3n) is 5.59. The fraction of sp³-hybridized carbons (Fsp3) is 0.800. The molecule has 0 spiro atoms. The largest absolute Gasteiger partial charge is 0.378 e. The number of hydrogen-bond acceptors (Lipinski definition) is 4. The lowest BCUT2D eigenvalue weighted by molar-refractivity contribution is 0.000993. The van der Waals surface area contributed by atoms with E-state index in [1.54, 1.807) is 0 Å². The van der Waals surface area contributed by atoms with Crippen LogP contribution in [-0.4, -0.2) is 48.9 Å². The zero-order valence-electron chi connectivity index (χ0n) is 16.5. The van der Waals surface area contributed by atoms with Crippen molar-refractivity contribution < 1.29 is 9.26 Å². The summed E-state index contributed by atoms with van der Waals surface area (Å²) >= 11 is 0. The van der Waals surface area contributed by atoms with E-state index < -0.39 is 0 Å². The fourth-order valence-electron chi connectivity index (χ4n) is 3.87. The van der Waals surface area contributed by atoms with Gasteiger partial charge in [-0.1, -0.05) is 31.8 Å². The summed E-state index contributed by atoms with van der Waals surface area (Å²) < 4.78 is 11.6. The number of ether oxygens (including phenoxy) is 1. The Bertz CT molecular complexity index is 570. The highest BCUT2D eigenvalue weighted by atomic mass is 16.5. The van der Waals surface area contributed by atoms with E-state index in [1.165, 1.54) is 25.7 Å². The maximum absolute atomic E-state index is 6.17. The van der Waals surface area contributed by atoms with Gasteiger partial charge in [-0.05, 0) is 37.5 Å². The van der Waals surface area contributed by atoms with E-state index in [2.05, 4.69) is 34.2 Å². The predicted octanol–water partition coefficient (Wildman–Crippen LogP) is 3.54. The Morgan fingerprint density at radius 1 is 1.31 bits per heavy atom. The van der Waals surface area contributed by atoms with E-state index in [0.717, 1.165) is 55.9 Å². The van der Waals surface area contributed by atoms with E-state index in [4.69, 9.17) is 9.26 Å². The first-order valence-corrected chi connectivity index (χ1v) is 10.2. The van der Waals surface area contributed by atoms with Gasteiger partial charge in [0.15, 0.2) is 11.7 Å². The van der Waals surface area contributed by atoms with Gasteiger partial charge in [0.25, 0.3) is 0 Å². The van der Waals surface area contributed by atoms with Crippen LogP contribution in [0.1, 0.15) is 69.7 Å². The molecule has 2 heterocycles. The lowest BCUT2D eigenvalue weighted by Gasteiger charge is -2.34. The quantitative estimate of drug-likeness (QED) is 0.619. The van der Waals surface area contributed by atoms with Gasteiger partial charge in [-0.3, -0.25) is 4.99 Å². The van der Waals surface area contributed by atoms with Crippen LogP contribution < -0.4 is 5.32 Å². The molecule has 1 aromatic heterocycles. The molecule has 1 N–H and O–H groups in total. The van der Waals surface area contributed by atoms with Crippen LogP contribution in [0, 0.1) is 5.92 Å². The normalized spacial score (nSPS) is 20.3. The molecule has 6 nitrogen and oxygen atoms in total. The average molecular weight is 363 g/mol. The van der Waals surface area contributed by atoms with Crippen LogP contribution in [0.15, 0.2) is 15.6 Å². The zero-order valence-corrected chi connectivity index (χ0v) is 16.5. The molecule has 6 heteroatoms. The number of nitrogens with one attached hydrogen (secondary N) is 1. The number of guanidine groups is 1. The first-order valence-electron chi connectivity index (χ1n) is 10.2. The molecule has 0 aromatic carbocycles. The van der Waals surface area contributed by atoms with Gasteiger partial charge in [0, 0.05) is 32.8 Å². The molecule has 2 aliphatic rings. The summed E-state index contributed by atoms with van der Waals surface area (Å²) in [6, 6.07) is 2.02. The van der Waals surface area contributed by atoms with Crippen LogP contribution >= 0.6 is 0 Å². The summed E-state index contributed by atoms with van der Waals surface area (Å²) in [5.41, 5.74) is 0.997. The van der Waals surface area contributed by atoms with Crippen molar-refractivity contribution in [3.05, 3.63) is 17.5 Å². The van der Waals surface area contributed by atoms with Gasteiger partial charge in [0.05, 0.1) is 18.3 Å². The molecule has 3 rings (SSSR count). The number of aromatic nitrogens is 1. The minimum absolute atomic E-state index is 0.384. The van der Waals surface area contributed by atoms with Crippen LogP contribution in [0.2, 0.25) is 0 Å². The molecule has 1 saturated carbocycles. The zero-order chi connectivity index (χ0) is 18.4. The van der Waals surface area contributed by atoms with Gasteiger partial charge in [-0.25, -0.2) is 0 Å². The highest BCUT2D eigenvalue weighted by molar-refractivity contribution is 5.79. The molecule has 0 radical (unpaired) electrons. The van der Waals surface area contributed by atoms with Gasteiger partial charge in [0.2, 0.25) is 0 Å². The first-order chi connectivity index (χ1) is 12.7. The van der Waals surface area contributed by atoms with Crippen molar-refractivity contribution in [2.75, 3.05) is 26.7 Å². The van der Waals surface area contributed by atoms with E-state index >= 15 is 0 Å². The number of likely N-dealkylation sites (tertiary alicyclic amines) is 1. The molecule has 1 saturated heterocycles. The third kappa shape index (κ3) is 5.22. The van der Waals surface area contributed by atoms with E-state index in [1.807, 2.05) is 13.1 Å². The number of aliphatic imine (C=N–C) groups is 1. The van der Waals surface area contributed by atoms with Crippen molar-refractivity contribution in [3.63, 3.8) is 0 Å². The summed E-state index contributed by atoms with van der Waals surface area (Å²) in [4.78, 5) is 6.75. The Morgan fingerprint density at radius 3 is 2.65 bits per heavy atom. The molecule has 1 aromatic rings. The Morgan fingerprint density at radius 2 is 2.04 bits per heavy atom. The Hall–Kier alpha value is -1.56. The third-order valence-corrected chi connectivity index (χ3v) is 5.59. The van der Waals surface area contributed by atoms with Crippen LogP contribution in [-0.2, 0) is 11.3 Å². The molecule has 0 atom stereocenters. The number of hydrogen-bond donors (Lipinski definition) is 1. The van der Waals surface area contributed by atoms with Gasteiger partial charge >= 0.3 is 0 Å². The summed E-state index contributed by atoms with van der Waals surface area (Å²) in [5, 5.41) is 7.51. The Kier molecular flexibility index (Phi) is 6.94. The van der Waals surface area contributed by atoms with Crippen molar-refractivity contribution >= 4 is 5.96 Å². The molecule has 2 fully saturated rings. The maximum Gasteiger partial charge on any atom is 0.194 e. The second-order valence-electron chi connectivity index (χ2n) is 7.94. The Balaban J connectivity index is 1.40. The van der Waals surface area contributed by atoms with E-state index in [-0.39, 0.29) is 0 Å². The van der Waals surface area contributed by atoms with Gasteiger partial charge in [0.1, 0.15) is 0 Å². The van der Waals surface area contributed by atoms with E-state index in [0.29, 0.717) is 18.6 Å². The highest BCUT2D eigenvalue weighted by Gasteiger charge is 2.24. The second kappa shape index (κ2) is 9.40. The van der Waals surface area contributed by atoms with Gasteiger partial charge < -0.3 is 19.5 Å². The lowest BCUT2D eigenvalue weighted by Crippen LogP contribution is -2.46. The molecule has 1 aliphatic carbocycles. The fourth-order valence-corrected chi connectivity index (χ4v) is 3.87. The minimum Gasteiger partial charge on any atom is -0.378 e. The summed E-state index contributed by atoms with van der Waals surface area (Å²) in [6.07, 6.45) is 8.05. The minimum atomic E-state index is 0.384.